The van der Waals surface area contributed by atoms with E-state index in [0.29, 0.717) is 5.92 Å². The molecule has 0 amide bonds. The third kappa shape index (κ3) is 2.49. The van der Waals surface area contributed by atoms with Crippen molar-refractivity contribution in [2.45, 2.75) is 20.3 Å². The fourth-order valence-corrected chi connectivity index (χ4v) is 2.03. The van der Waals surface area contributed by atoms with E-state index in [4.69, 9.17) is 11.6 Å². The summed E-state index contributed by atoms with van der Waals surface area (Å²) in [5.74, 6) is 0.640. The quantitative estimate of drug-likeness (QED) is 0.731. The first-order valence-corrected chi connectivity index (χ1v) is 5.21. The summed E-state index contributed by atoms with van der Waals surface area (Å²) in [6.45, 7) is 4.38. The monoisotopic (exact) mass is 246 g/mol. The molecular weight excluding hydrogens is 235 g/mol. The maximum atomic E-state index is 6.04. The van der Waals surface area contributed by atoms with Gasteiger partial charge in [-0.05, 0) is 30.0 Å². The van der Waals surface area contributed by atoms with Gasteiger partial charge >= 0.3 is 0 Å². The molecule has 1 aromatic rings. The van der Waals surface area contributed by atoms with E-state index >= 15 is 0 Å². The molecule has 0 aliphatic rings. The lowest BCUT2D eigenvalue weighted by atomic mass is 10.0. The molecule has 0 saturated carbocycles. The third-order valence-electron chi connectivity index (χ3n) is 1.67. The molecule has 0 fully saturated rings. The SMILES string of the molecule is CC(C)Cc1c(Cl)cccc1Br. The molecule has 0 nitrogen and oxygen atoms in total. The van der Waals surface area contributed by atoms with Gasteiger partial charge in [-0.1, -0.05) is 47.4 Å². The summed E-state index contributed by atoms with van der Waals surface area (Å²) in [5, 5.41) is 0.859. The second-order valence-electron chi connectivity index (χ2n) is 3.30. The van der Waals surface area contributed by atoms with E-state index in [1.807, 2.05) is 18.2 Å². The van der Waals surface area contributed by atoms with Crippen LogP contribution in [0.3, 0.4) is 0 Å². The van der Waals surface area contributed by atoms with E-state index < -0.39 is 0 Å². The summed E-state index contributed by atoms with van der Waals surface area (Å²) in [4.78, 5) is 0. The van der Waals surface area contributed by atoms with Crippen molar-refractivity contribution in [1.29, 1.82) is 0 Å². The first kappa shape index (κ1) is 10.1. The highest BCUT2D eigenvalue weighted by Crippen LogP contribution is 2.26. The van der Waals surface area contributed by atoms with Gasteiger partial charge in [-0.15, -0.1) is 0 Å². The third-order valence-corrected chi connectivity index (χ3v) is 2.77. The molecule has 0 bridgehead atoms. The van der Waals surface area contributed by atoms with E-state index in [-0.39, 0.29) is 0 Å². The summed E-state index contributed by atoms with van der Waals surface area (Å²) in [5.41, 5.74) is 1.22. The van der Waals surface area contributed by atoms with E-state index in [1.54, 1.807) is 0 Å². The zero-order valence-corrected chi connectivity index (χ0v) is 9.61. The first-order valence-electron chi connectivity index (χ1n) is 4.04. The van der Waals surface area contributed by atoms with Crippen molar-refractivity contribution in [2.75, 3.05) is 0 Å². The molecule has 0 aliphatic carbocycles. The molecule has 1 aromatic carbocycles. The largest absolute Gasteiger partial charge is 0.0840 e. The van der Waals surface area contributed by atoms with Crippen LogP contribution in [-0.4, -0.2) is 0 Å². The first-order chi connectivity index (χ1) is 5.61. The summed E-state index contributed by atoms with van der Waals surface area (Å²) in [6, 6.07) is 5.92. The number of halogens is 2. The van der Waals surface area contributed by atoms with Crippen LogP contribution in [0.25, 0.3) is 0 Å². The lowest BCUT2D eigenvalue weighted by Gasteiger charge is -2.08. The molecule has 0 radical (unpaired) electrons. The number of rotatable bonds is 2. The molecule has 0 unspecified atom stereocenters. The topological polar surface area (TPSA) is 0 Å². The van der Waals surface area contributed by atoms with Crippen molar-refractivity contribution in [3.63, 3.8) is 0 Å². The van der Waals surface area contributed by atoms with Crippen molar-refractivity contribution in [3.05, 3.63) is 33.3 Å². The van der Waals surface area contributed by atoms with Crippen LogP contribution >= 0.6 is 27.5 Å². The molecule has 0 atom stereocenters. The summed E-state index contributed by atoms with van der Waals surface area (Å²) in [6.07, 6.45) is 1.03. The van der Waals surface area contributed by atoms with E-state index in [1.165, 1.54) is 5.56 Å². The summed E-state index contributed by atoms with van der Waals surface area (Å²) < 4.78 is 1.11. The smallest absolute Gasteiger partial charge is 0.0449 e. The second-order valence-corrected chi connectivity index (χ2v) is 4.56. The Labute approximate surface area is 87.1 Å². The highest BCUT2D eigenvalue weighted by molar-refractivity contribution is 9.10. The van der Waals surface area contributed by atoms with Gasteiger partial charge in [-0.2, -0.15) is 0 Å². The van der Waals surface area contributed by atoms with Gasteiger partial charge in [0.05, 0.1) is 0 Å². The molecule has 0 N–H and O–H groups in total. The standard InChI is InChI=1S/C10H12BrCl/c1-7(2)6-8-9(11)4-3-5-10(8)12/h3-5,7H,6H2,1-2H3. The maximum Gasteiger partial charge on any atom is 0.0449 e. The van der Waals surface area contributed by atoms with Crippen molar-refractivity contribution >= 4 is 27.5 Å². The van der Waals surface area contributed by atoms with Gasteiger partial charge < -0.3 is 0 Å². The Balaban J connectivity index is 2.96. The molecule has 0 heterocycles. The molecule has 2 heteroatoms. The minimum atomic E-state index is 0.640. The Morgan fingerprint density at radius 2 is 2.08 bits per heavy atom. The fourth-order valence-electron chi connectivity index (χ4n) is 1.14. The van der Waals surface area contributed by atoms with Gasteiger partial charge in [-0.3, -0.25) is 0 Å². The Hall–Kier alpha value is -0.0100. The molecule has 0 aliphatic heterocycles. The van der Waals surface area contributed by atoms with Gasteiger partial charge in [-0.25, -0.2) is 0 Å². The van der Waals surface area contributed by atoms with Gasteiger partial charge in [0, 0.05) is 9.50 Å². The highest BCUT2D eigenvalue weighted by Gasteiger charge is 2.06. The molecule has 0 saturated heterocycles. The Morgan fingerprint density at radius 1 is 1.42 bits per heavy atom. The molecule has 66 valence electrons. The molecule has 0 spiro atoms. The fraction of sp³-hybridized carbons (Fsp3) is 0.400. The van der Waals surface area contributed by atoms with Gasteiger partial charge in [0.25, 0.3) is 0 Å². The Bertz CT molecular complexity index is 248. The van der Waals surface area contributed by atoms with Gasteiger partial charge in [0.15, 0.2) is 0 Å². The van der Waals surface area contributed by atoms with Crippen molar-refractivity contribution in [3.8, 4) is 0 Å². The van der Waals surface area contributed by atoms with Gasteiger partial charge in [0.1, 0.15) is 0 Å². The second kappa shape index (κ2) is 4.29. The molecular formula is C10H12BrCl. The number of benzene rings is 1. The normalized spacial score (nSPS) is 10.8. The molecule has 12 heavy (non-hydrogen) atoms. The average Bonchev–Trinajstić information content (AvgIpc) is 1.97. The van der Waals surface area contributed by atoms with E-state index in [9.17, 15) is 0 Å². The van der Waals surface area contributed by atoms with Gasteiger partial charge in [0.2, 0.25) is 0 Å². The Morgan fingerprint density at radius 3 is 2.58 bits per heavy atom. The van der Waals surface area contributed by atoms with Crippen LogP contribution in [-0.2, 0) is 6.42 Å². The zero-order chi connectivity index (χ0) is 9.14. The van der Waals surface area contributed by atoms with Crippen molar-refractivity contribution in [2.24, 2.45) is 5.92 Å². The molecule has 1 rings (SSSR count). The Kier molecular flexibility index (Phi) is 3.60. The van der Waals surface area contributed by atoms with Crippen molar-refractivity contribution < 1.29 is 0 Å². The predicted octanol–water partition coefficient (Wildman–Crippen LogP) is 4.30. The summed E-state index contributed by atoms with van der Waals surface area (Å²) in [7, 11) is 0. The molecule has 0 aromatic heterocycles. The average molecular weight is 248 g/mol. The van der Waals surface area contributed by atoms with E-state index in [0.717, 1.165) is 15.9 Å². The van der Waals surface area contributed by atoms with Crippen LogP contribution in [0.15, 0.2) is 22.7 Å². The number of hydrogen-bond acceptors (Lipinski definition) is 0. The van der Waals surface area contributed by atoms with Crippen molar-refractivity contribution in [1.82, 2.24) is 0 Å². The summed E-state index contributed by atoms with van der Waals surface area (Å²) >= 11 is 9.53. The van der Waals surface area contributed by atoms with Crippen LogP contribution in [0.2, 0.25) is 5.02 Å². The van der Waals surface area contributed by atoms with E-state index in [2.05, 4.69) is 29.8 Å². The van der Waals surface area contributed by atoms with Crippen LogP contribution < -0.4 is 0 Å². The lowest BCUT2D eigenvalue weighted by Crippen LogP contribution is -1.95. The zero-order valence-electron chi connectivity index (χ0n) is 7.27. The minimum Gasteiger partial charge on any atom is -0.0840 e. The van der Waals surface area contributed by atoms with Crippen LogP contribution in [0.1, 0.15) is 19.4 Å². The lowest BCUT2D eigenvalue weighted by molar-refractivity contribution is 0.646. The highest BCUT2D eigenvalue weighted by atomic mass is 79.9. The van der Waals surface area contributed by atoms with Crippen LogP contribution in [0.5, 0.6) is 0 Å². The maximum absolute atomic E-state index is 6.04. The predicted molar refractivity (Wildman–Crippen MR) is 57.7 cm³/mol. The van der Waals surface area contributed by atoms with Crippen LogP contribution in [0, 0.1) is 5.92 Å². The minimum absolute atomic E-state index is 0.640. The van der Waals surface area contributed by atoms with Crippen LogP contribution in [0.4, 0.5) is 0 Å². The number of hydrogen-bond donors (Lipinski definition) is 0.